The molecule has 158 valence electrons. The maximum absolute atomic E-state index is 12.4. The van der Waals surface area contributed by atoms with Crippen LogP contribution in [0.5, 0.6) is 0 Å². The molecule has 3 rings (SSSR count). The Bertz CT molecular complexity index is 1230. The van der Waals surface area contributed by atoms with Crippen molar-refractivity contribution in [2.75, 3.05) is 10.0 Å². The smallest absolute Gasteiger partial charge is 0.270 e. The Kier molecular flexibility index (Phi) is 6.46. The molecule has 3 aromatic rings. The lowest BCUT2D eigenvalue weighted by molar-refractivity contribution is -0.384. The van der Waals surface area contributed by atoms with Crippen LogP contribution in [-0.4, -0.2) is 19.2 Å². The topological polar surface area (TPSA) is 118 Å². The molecule has 9 heteroatoms. The number of nitrogens with zero attached hydrogens (tertiary/aromatic N) is 1. The van der Waals surface area contributed by atoms with Crippen LogP contribution in [0.15, 0.2) is 83.8 Å². The molecule has 0 aliphatic carbocycles. The van der Waals surface area contributed by atoms with Crippen LogP contribution in [0, 0.1) is 17.0 Å². The van der Waals surface area contributed by atoms with Gasteiger partial charge in [-0.05, 0) is 55.0 Å². The fourth-order valence-electron chi connectivity index (χ4n) is 2.65. The molecule has 0 aromatic heterocycles. The van der Waals surface area contributed by atoms with Crippen molar-refractivity contribution in [2.24, 2.45) is 0 Å². The molecule has 0 fully saturated rings. The van der Waals surface area contributed by atoms with E-state index < -0.39 is 20.9 Å². The normalized spacial score (nSPS) is 11.3. The monoisotopic (exact) mass is 437 g/mol. The number of carbonyl (C=O) groups excluding carboxylic acids is 1. The van der Waals surface area contributed by atoms with Crippen molar-refractivity contribution >= 4 is 39.1 Å². The first-order valence-electron chi connectivity index (χ1n) is 9.16. The zero-order chi connectivity index (χ0) is 22.4. The minimum absolute atomic E-state index is 0.0637. The quantitative estimate of drug-likeness (QED) is 0.323. The second-order valence-corrected chi connectivity index (χ2v) is 8.35. The Hall–Kier alpha value is -3.98. The van der Waals surface area contributed by atoms with E-state index in [1.165, 1.54) is 54.6 Å². The van der Waals surface area contributed by atoms with Crippen LogP contribution < -0.4 is 10.0 Å². The molecule has 0 aliphatic heterocycles. The number of nitro groups is 1. The van der Waals surface area contributed by atoms with Gasteiger partial charge in [-0.2, -0.15) is 0 Å². The van der Waals surface area contributed by atoms with E-state index in [-0.39, 0.29) is 10.6 Å². The van der Waals surface area contributed by atoms with Crippen molar-refractivity contribution in [2.45, 2.75) is 11.8 Å². The second kappa shape index (κ2) is 9.23. The number of nitro benzene ring substituents is 1. The highest BCUT2D eigenvalue weighted by Gasteiger charge is 2.13. The van der Waals surface area contributed by atoms with Gasteiger partial charge in [0.05, 0.1) is 9.82 Å². The van der Waals surface area contributed by atoms with E-state index in [1.54, 1.807) is 30.3 Å². The molecule has 0 bridgehead atoms. The lowest BCUT2D eigenvalue weighted by Crippen LogP contribution is -2.13. The number of anilines is 2. The summed E-state index contributed by atoms with van der Waals surface area (Å²) in [5.41, 5.74) is 2.23. The van der Waals surface area contributed by atoms with E-state index >= 15 is 0 Å². The van der Waals surface area contributed by atoms with E-state index in [0.717, 1.165) is 5.56 Å². The first-order chi connectivity index (χ1) is 14.7. The molecule has 1 amide bonds. The lowest BCUT2D eigenvalue weighted by atomic mass is 10.2. The van der Waals surface area contributed by atoms with Crippen LogP contribution in [0.25, 0.3) is 6.08 Å². The number of amides is 1. The lowest BCUT2D eigenvalue weighted by Gasteiger charge is -2.09. The van der Waals surface area contributed by atoms with Crippen LogP contribution >= 0.6 is 0 Å². The van der Waals surface area contributed by atoms with Gasteiger partial charge in [-0.15, -0.1) is 0 Å². The highest BCUT2D eigenvalue weighted by molar-refractivity contribution is 7.92. The number of aryl methyl sites for hydroxylation is 1. The first kappa shape index (κ1) is 21.7. The minimum Gasteiger partial charge on any atom is -0.323 e. The van der Waals surface area contributed by atoms with Crippen molar-refractivity contribution < 1.29 is 18.1 Å². The van der Waals surface area contributed by atoms with Gasteiger partial charge in [-0.3, -0.25) is 19.6 Å². The van der Waals surface area contributed by atoms with Gasteiger partial charge in [0, 0.05) is 29.6 Å². The molecule has 0 saturated heterocycles. The van der Waals surface area contributed by atoms with Gasteiger partial charge < -0.3 is 5.32 Å². The molecular weight excluding hydrogens is 418 g/mol. The Labute approximate surface area is 179 Å². The number of benzene rings is 3. The van der Waals surface area contributed by atoms with Gasteiger partial charge >= 0.3 is 0 Å². The van der Waals surface area contributed by atoms with Gasteiger partial charge in [-0.25, -0.2) is 8.42 Å². The third-order valence-electron chi connectivity index (χ3n) is 4.24. The number of rotatable bonds is 7. The summed E-state index contributed by atoms with van der Waals surface area (Å²) in [6, 6.07) is 18.6. The number of hydrogen-bond donors (Lipinski definition) is 2. The van der Waals surface area contributed by atoms with Crippen LogP contribution in [0.1, 0.15) is 11.1 Å². The second-order valence-electron chi connectivity index (χ2n) is 6.67. The molecule has 3 aromatic carbocycles. The largest absolute Gasteiger partial charge is 0.323 e. The maximum atomic E-state index is 12.4. The molecule has 0 radical (unpaired) electrons. The molecule has 0 aliphatic rings. The molecule has 0 heterocycles. The molecule has 2 N–H and O–H groups in total. The zero-order valence-electron chi connectivity index (χ0n) is 16.5. The Morgan fingerprint density at radius 2 is 1.61 bits per heavy atom. The maximum Gasteiger partial charge on any atom is 0.270 e. The third-order valence-corrected chi connectivity index (χ3v) is 5.64. The van der Waals surface area contributed by atoms with Gasteiger partial charge in [0.25, 0.3) is 15.7 Å². The number of non-ortho nitro benzene ring substituents is 1. The summed E-state index contributed by atoms with van der Waals surface area (Å²) in [6.07, 6.45) is 2.72. The van der Waals surface area contributed by atoms with Crippen LogP contribution in [0.2, 0.25) is 0 Å². The number of carbonyl (C=O) groups is 1. The molecule has 0 spiro atoms. The zero-order valence-corrected chi connectivity index (χ0v) is 17.3. The average Bonchev–Trinajstić information content (AvgIpc) is 2.74. The van der Waals surface area contributed by atoms with Gasteiger partial charge in [-0.1, -0.05) is 29.8 Å². The van der Waals surface area contributed by atoms with E-state index in [0.29, 0.717) is 16.9 Å². The van der Waals surface area contributed by atoms with Crippen LogP contribution in [-0.2, 0) is 14.8 Å². The van der Waals surface area contributed by atoms with E-state index in [9.17, 15) is 23.3 Å². The number of hydrogen-bond acceptors (Lipinski definition) is 5. The predicted octanol–water partition coefficient (Wildman–Crippen LogP) is 4.36. The molecule has 0 unspecified atom stereocenters. The fraction of sp³-hybridized carbons (Fsp3) is 0.0455. The molecule has 0 atom stereocenters. The molecule has 0 saturated carbocycles. The van der Waals surface area contributed by atoms with Crippen molar-refractivity contribution in [3.05, 3.63) is 100 Å². The van der Waals surface area contributed by atoms with Gasteiger partial charge in [0.2, 0.25) is 5.91 Å². The standard InChI is InChI=1S/C22H19N3O5S/c1-16-5-12-21(13-6-16)31(29,30)24-19-10-8-18(9-11-19)23-22(26)14-7-17-3-2-4-20(15-17)25(27)28/h2-15,24H,1H3,(H,23,26). The van der Waals surface area contributed by atoms with Crippen molar-refractivity contribution in [1.82, 2.24) is 0 Å². The SMILES string of the molecule is Cc1ccc(S(=O)(=O)Nc2ccc(NC(=O)C=Cc3cccc([N+](=O)[O-])c3)cc2)cc1. The number of sulfonamides is 1. The summed E-state index contributed by atoms with van der Waals surface area (Å²) in [4.78, 5) is 22.5. The summed E-state index contributed by atoms with van der Waals surface area (Å²) in [5, 5.41) is 13.4. The molecule has 8 nitrogen and oxygen atoms in total. The Balaban J connectivity index is 1.62. The highest BCUT2D eigenvalue weighted by Crippen LogP contribution is 2.19. The molecule has 31 heavy (non-hydrogen) atoms. The average molecular weight is 437 g/mol. The highest BCUT2D eigenvalue weighted by atomic mass is 32.2. The summed E-state index contributed by atoms with van der Waals surface area (Å²) in [5.74, 6) is -0.431. The summed E-state index contributed by atoms with van der Waals surface area (Å²) in [6.45, 7) is 1.87. The third kappa shape index (κ3) is 6.00. The van der Waals surface area contributed by atoms with E-state index in [2.05, 4.69) is 10.0 Å². The van der Waals surface area contributed by atoms with Crippen molar-refractivity contribution in [1.29, 1.82) is 0 Å². The van der Waals surface area contributed by atoms with E-state index in [4.69, 9.17) is 0 Å². The number of nitrogens with one attached hydrogen (secondary N) is 2. The fourth-order valence-corrected chi connectivity index (χ4v) is 3.71. The Morgan fingerprint density at radius 1 is 0.968 bits per heavy atom. The Morgan fingerprint density at radius 3 is 2.26 bits per heavy atom. The molecular formula is C22H19N3O5S. The predicted molar refractivity (Wildman–Crippen MR) is 119 cm³/mol. The van der Waals surface area contributed by atoms with Gasteiger partial charge in [0.1, 0.15) is 0 Å². The summed E-state index contributed by atoms with van der Waals surface area (Å²) < 4.78 is 27.3. The summed E-state index contributed by atoms with van der Waals surface area (Å²) in [7, 11) is -3.71. The van der Waals surface area contributed by atoms with Crippen molar-refractivity contribution in [3.63, 3.8) is 0 Å². The van der Waals surface area contributed by atoms with Crippen LogP contribution in [0.3, 0.4) is 0 Å². The first-order valence-corrected chi connectivity index (χ1v) is 10.6. The van der Waals surface area contributed by atoms with Crippen molar-refractivity contribution in [3.8, 4) is 0 Å². The van der Waals surface area contributed by atoms with Crippen LogP contribution in [0.4, 0.5) is 17.1 Å². The van der Waals surface area contributed by atoms with E-state index in [1.807, 2.05) is 6.92 Å². The summed E-state index contributed by atoms with van der Waals surface area (Å²) >= 11 is 0. The van der Waals surface area contributed by atoms with Gasteiger partial charge in [0.15, 0.2) is 0 Å². The minimum atomic E-state index is -3.71.